The number of aliphatic hydroxyl groups excluding tert-OH is 5. The number of carboxylic acids is 3. The molecule has 5 aliphatic carbocycles. The topological polar surface area (TPSA) is 267 Å². The fourth-order valence-corrected chi connectivity index (χ4v) is 13.5. The highest BCUT2D eigenvalue weighted by atomic mass is 16.8. The van der Waals surface area contributed by atoms with Gasteiger partial charge in [0.2, 0.25) is 0 Å². The van der Waals surface area contributed by atoms with Gasteiger partial charge in [-0.25, -0.2) is 9.59 Å². The lowest BCUT2D eigenvalue weighted by atomic mass is 9.30. The van der Waals surface area contributed by atoms with Crippen LogP contribution in [0.15, 0.2) is 11.6 Å². The van der Waals surface area contributed by atoms with Crippen LogP contribution in [0.1, 0.15) is 113 Å². The van der Waals surface area contributed by atoms with Crippen LogP contribution in [-0.4, -0.2) is 132 Å². The van der Waals surface area contributed by atoms with E-state index in [-0.39, 0.29) is 28.4 Å². The minimum atomic E-state index is -2.05. The Hall–Kier alpha value is -2.54. The number of carbonyl (C=O) groups excluding carboxylic acids is 1. The quantitative estimate of drug-likeness (QED) is 0.171. The molecule has 2 aliphatic heterocycles. The van der Waals surface area contributed by atoms with Gasteiger partial charge in [0, 0.05) is 5.92 Å². The minimum absolute atomic E-state index is 0.0304. The standard InChI is InChI=1S/C43H64O16/c1-37(2)22(56-35-30(26(48)25(47)29(58-35)33(52)53)59-34-27(49)23(45)24(46)28(57-34)32(50)51)9-10-42(7)31-21(44)17-19-20-18-39(4,36(54)55)12-11-38(20,3)13-14-40(19,5)41(31,6)15-16-43(37,42)8/h17,20,22-31,34-35,45-49H,9-16,18H2,1-8H3,(H,50,51)(H,52,53)(H,54,55)/t20-,22-,23?,24-,25-,26?,27?,28?,29?,30?,31-,34-,35-,38+,39-,40+,41+,42+,43-/m0/s1. The molecule has 59 heavy (non-hydrogen) atoms. The van der Waals surface area contributed by atoms with Crippen LogP contribution in [0.4, 0.5) is 0 Å². The van der Waals surface area contributed by atoms with Crippen molar-refractivity contribution in [3.8, 4) is 0 Å². The average molecular weight is 837 g/mol. The fourth-order valence-electron chi connectivity index (χ4n) is 13.5. The SMILES string of the molecule is CC1(C)[C@@H](O[C@H]2OC(C(=O)O)[C@@H](O)C(O)C2O[C@@H]2OC(C(=O)O)[C@@H](O)C(O)C2O)CC[C@]2(C)[C@H]3C(=O)C=C4[C@@H]5C[C@@](C)(C(=O)O)CC[C@]5(C)CC[C@@]4(C)[C@]3(C)CC[C@@]12C. The Balaban J connectivity index is 1.20. The van der Waals surface area contributed by atoms with Gasteiger partial charge < -0.3 is 59.8 Å². The second-order valence-corrected chi connectivity index (χ2v) is 21.2. The number of hydrogen-bond donors (Lipinski definition) is 8. The lowest BCUT2D eigenvalue weighted by Crippen LogP contribution is -2.71. The van der Waals surface area contributed by atoms with E-state index in [9.17, 15) is 60.0 Å². The van der Waals surface area contributed by atoms with E-state index < -0.39 is 112 Å². The summed E-state index contributed by atoms with van der Waals surface area (Å²) in [4.78, 5) is 51.6. The van der Waals surface area contributed by atoms with Crippen molar-refractivity contribution < 1.29 is 79.0 Å². The number of carbonyl (C=O) groups is 4. The molecular formula is C43H64O16. The van der Waals surface area contributed by atoms with Gasteiger partial charge in [0.1, 0.15) is 36.6 Å². The molecule has 0 radical (unpaired) electrons. The molecule has 6 unspecified atom stereocenters. The van der Waals surface area contributed by atoms with Crippen LogP contribution in [-0.2, 0) is 38.1 Å². The van der Waals surface area contributed by atoms with Crippen molar-refractivity contribution in [1.29, 1.82) is 0 Å². The van der Waals surface area contributed by atoms with E-state index >= 15 is 0 Å². The molecule has 16 heteroatoms. The Bertz CT molecular complexity index is 1780. The first-order valence-corrected chi connectivity index (χ1v) is 21.1. The average Bonchev–Trinajstić information content (AvgIpc) is 3.15. The fraction of sp³-hybridized carbons (Fsp3) is 0.860. The van der Waals surface area contributed by atoms with Gasteiger partial charge in [0.15, 0.2) is 30.6 Å². The van der Waals surface area contributed by atoms with Crippen LogP contribution in [0.3, 0.4) is 0 Å². The van der Waals surface area contributed by atoms with E-state index in [2.05, 4.69) is 34.6 Å². The third-order valence-electron chi connectivity index (χ3n) is 18.3. The Morgan fingerprint density at radius 2 is 1.24 bits per heavy atom. The zero-order valence-electron chi connectivity index (χ0n) is 35.3. The van der Waals surface area contributed by atoms with Crippen LogP contribution in [0.25, 0.3) is 0 Å². The Morgan fingerprint density at radius 3 is 1.83 bits per heavy atom. The predicted molar refractivity (Wildman–Crippen MR) is 204 cm³/mol. The van der Waals surface area contributed by atoms with Crippen LogP contribution in [0.2, 0.25) is 0 Å². The Labute approximate surface area is 344 Å². The first kappa shape index (κ1) is 44.5. The molecule has 332 valence electrons. The maximum Gasteiger partial charge on any atom is 0.335 e. The van der Waals surface area contributed by atoms with Crippen molar-refractivity contribution in [3.63, 3.8) is 0 Å². The summed E-state index contributed by atoms with van der Waals surface area (Å²) in [5.74, 6) is -4.43. The van der Waals surface area contributed by atoms with E-state index in [0.717, 1.165) is 24.8 Å². The number of allylic oxidation sites excluding steroid dienone is 2. The van der Waals surface area contributed by atoms with Gasteiger partial charge in [-0.1, -0.05) is 54.0 Å². The van der Waals surface area contributed by atoms with Crippen LogP contribution in [0.5, 0.6) is 0 Å². The van der Waals surface area contributed by atoms with Crippen molar-refractivity contribution >= 4 is 23.7 Å². The largest absolute Gasteiger partial charge is 0.481 e. The molecule has 0 amide bonds. The number of fused-ring (bicyclic) bond motifs is 7. The third-order valence-corrected chi connectivity index (χ3v) is 18.3. The predicted octanol–water partition coefficient (Wildman–Crippen LogP) is 2.64. The van der Waals surface area contributed by atoms with E-state index in [1.165, 1.54) is 0 Å². The molecule has 8 N–H and O–H groups in total. The van der Waals surface area contributed by atoms with Crippen molar-refractivity contribution in [2.45, 2.75) is 181 Å². The van der Waals surface area contributed by atoms with Gasteiger partial charge in [-0.3, -0.25) is 9.59 Å². The van der Waals surface area contributed by atoms with Crippen LogP contribution < -0.4 is 0 Å². The molecule has 0 spiro atoms. The molecule has 4 saturated carbocycles. The number of ketones is 1. The van der Waals surface area contributed by atoms with Gasteiger partial charge >= 0.3 is 17.9 Å². The second kappa shape index (κ2) is 14.2. The smallest absolute Gasteiger partial charge is 0.335 e. The minimum Gasteiger partial charge on any atom is -0.481 e. The summed E-state index contributed by atoms with van der Waals surface area (Å²) < 4.78 is 23.5. The second-order valence-electron chi connectivity index (χ2n) is 21.2. The molecule has 6 fully saturated rings. The molecule has 0 bridgehead atoms. The number of aliphatic hydroxyl groups is 5. The zero-order chi connectivity index (χ0) is 43.8. The lowest BCUT2D eigenvalue weighted by Gasteiger charge is -2.74. The molecule has 0 aromatic carbocycles. The number of rotatable bonds is 7. The highest BCUT2D eigenvalue weighted by Crippen LogP contribution is 2.78. The molecule has 0 aromatic heterocycles. The summed E-state index contributed by atoms with van der Waals surface area (Å²) >= 11 is 0. The van der Waals surface area contributed by atoms with Gasteiger partial charge in [-0.2, -0.15) is 0 Å². The highest BCUT2D eigenvalue weighted by Gasteiger charge is 2.74. The summed E-state index contributed by atoms with van der Waals surface area (Å²) in [6, 6.07) is 0. The first-order chi connectivity index (χ1) is 27.1. The lowest BCUT2D eigenvalue weighted by molar-refractivity contribution is -0.374. The van der Waals surface area contributed by atoms with Crippen molar-refractivity contribution in [2.24, 2.45) is 49.7 Å². The van der Waals surface area contributed by atoms with Gasteiger partial charge in [0.25, 0.3) is 0 Å². The van der Waals surface area contributed by atoms with Gasteiger partial charge in [-0.15, -0.1) is 0 Å². The summed E-state index contributed by atoms with van der Waals surface area (Å²) in [5.41, 5.74) is -2.57. The summed E-state index contributed by atoms with van der Waals surface area (Å²) in [6.07, 6.45) is -12.5. The van der Waals surface area contributed by atoms with E-state index in [4.69, 9.17) is 18.9 Å². The summed E-state index contributed by atoms with van der Waals surface area (Å²) in [7, 11) is 0. The summed E-state index contributed by atoms with van der Waals surface area (Å²) in [6.45, 7) is 17.0. The maximum absolute atomic E-state index is 15.0. The van der Waals surface area contributed by atoms with Crippen molar-refractivity contribution in [1.82, 2.24) is 0 Å². The normalized spacial score (nSPS) is 53.1. The third kappa shape index (κ3) is 6.16. The first-order valence-electron chi connectivity index (χ1n) is 21.1. The Morgan fingerprint density at radius 1 is 0.661 bits per heavy atom. The van der Waals surface area contributed by atoms with Crippen LogP contribution in [0, 0.1) is 49.7 Å². The number of carboxylic acid groups (broad SMARTS) is 3. The van der Waals surface area contributed by atoms with Crippen LogP contribution >= 0.6 is 0 Å². The molecule has 2 heterocycles. The summed E-state index contributed by atoms with van der Waals surface area (Å²) in [5, 5.41) is 83.3. The van der Waals surface area contributed by atoms with E-state index in [1.807, 2.05) is 26.8 Å². The van der Waals surface area contributed by atoms with E-state index in [0.29, 0.717) is 38.5 Å². The molecule has 16 nitrogen and oxygen atoms in total. The molecule has 19 atom stereocenters. The van der Waals surface area contributed by atoms with Crippen molar-refractivity contribution in [3.05, 3.63) is 11.6 Å². The number of ether oxygens (including phenoxy) is 4. The molecule has 2 saturated heterocycles. The molecule has 7 aliphatic rings. The number of hydrogen-bond acceptors (Lipinski definition) is 13. The number of aliphatic carboxylic acids is 3. The monoisotopic (exact) mass is 836 g/mol. The Kier molecular flexibility index (Phi) is 10.7. The van der Waals surface area contributed by atoms with Crippen molar-refractivity contribution in [2.75, 3.05) is 0 Å². The van der Waals surface area contributed by atoms with Gasteiger partial charge in [-0.05, 0) is 109 Å². The zero-order valence-corrected chi connectivity index (χ0v) is 35.3. The van der Waals surface area contributed by atoms with E-state index in [1.54, 1.807) is 0 Å². The maximum atomic E-state index is 15.0. The van der Waals surface area contributed by atoms with Gasteiger partial charge in [0.05, 0.1) is 11.5 Å². The molecule has 0 aromatic rings. The molecule has 7 rings (SSSR count). The molecular weight excluding hydrogens is 772 g/mol. The highest BCUT2D eigenvalue weighted by molar-refractivity contribution is 5.96.